The SMILES string of the molecule is CCCCCCCCCCCCOC(=O)C1CC1. The van der Waals surface area contributed by atoms with E-state index in [4.69, 9.17) is 4.74 Å². The second-order valence-electron chi connectivity index (χ2n) is 5.62. The summed E-state index contributed by atoms with van der Waals surface area (Å²) in [6.07, 6.45) is 15.3. The van der Waals surface area contributed by atoms with Gasteiger partial charge in [0, 0.05) is 0 Å². The van der Waals surface area contributed by atoms with Gasteiger partial charge in [0.05, 0.1) is 12.5 Å². The highest BCUT2D eigenvalue weighted by Gasteiger charge is 2.30. The van der Waals surface area contributed by atoms with Gasteiger partial charge in [-0.25, -0.2) is 0 Å². The predicted molar refractivity (Wildman–Crippen MR) is 75.5 cm³/mol. The number of rotatable bonds is 12. The number of ether oxygens (including phenoxy) is 1. The molecule has 1 aliphatic rings. The lowest BCUT2D eigenvalue weighted by atomic mass is 10.1. The molecule has 0 aliphatic heterocycles. The van der Waals surface area contributed by atoms with Gasteiger partial charge in [0.1, 0.15) is 0 Å². The first-order valence-corrected chi connectivity index (χ1v) is 8.01. The summed E-state index contributed by atoms with van der Waals surface area (Å²) in [6, 6.07) is 0. The molecule has 1 saturated carbocycles. The topological polar surface area (TPSA) is 26.3 Å². The van der Waals surface area contributed by atoms with Crippen molar-refractivity contribution in [1.82, 2.24) is 0 Å². The fraction of sp³-hybridized carbons (Fsp3) is 0.938. The van der Waals surface area contributed by atoms with Gasteiger partial charge in [-0.1, -0.05) is 64.7 Å². The molecule has 0 radical (unpaired) electrons. The molecule has 0 atom stereocenters. The monoisotopic (exact) mass is 254 g/mol. The molecular formula is C16H30O2. The molecule has 2 heteroatoms. The van der Waals surface area contributed by atoms with Crippen LogP contribution in [0.1, 0.15) is 84.0 Å². The molecule has 1 fully saturated rings. The van der Waals surface area contributed by atoms with Gasteiger partial charge in [-0.2, -0.15) is 0 Å². The first-order valence-electron chi connectivity index (χ1n) is 8.01. The van der Waals surface area contributed by atoms with Gasteiger partial charge < -0.3 is 4.74 Å². The maximum absolute atomic E-state index is 11.2. The van der Waals surface area contributed by atoms with Gasteiger partial charge in [0.15, 0.2) is 0 Å². The molecule has 106 valence electrons. The lowest BCUT2D eigenvalue weighted by molar-refractivity contribution is -0.145. The summed E-state index contributed by atoms with van der Waals surface area (Å²) >= 11 is 0. The van der Waals surface area contributed by atoms with Crippen LogP contribution in [-0.2, 0) is 9.53 Å². The number of unbranched alkanes of at least 4 members (excludes halogenated alkanes) is 9. The second-order valence-corrected chi connectivity index (χ2v) is 5.62. The van der Waals surface area contributed by atoms with E-state index in [9.17, 15) is 4.79 Å². The Labute approximate surface area is 112 Å². The van der Waals surface area contributed by atoms with Gasteiger partial charge in [-0.05, 0) is 19.3 Å². The molecule has 0 saturated heterocycles. The fourth-order valence-corrected chi connectivity index (χ4v) is 2.20. The van der Waals surface area contributed by atoms with Crippen molar-refractivity contribution in [2.45, 2.75) is 84.0 Å². The average molecular weight is 254 g/mol. The predicted octanol–water partition coefficient (Wildman–Crippen LogP) is 4.86. The summed E-state index contributed by atoms with van der Waals surface area (Å²) in [5.74, 6) is 0.305. The van der Waals surface area contributed by atoms with E-state index >= 15 is 0 Å². The lowest BCUT2D eigenvalue weighted by Gasteiger charge is -2.04. The zero-order chi connectivity index (χ0) is 13.1. The molecule has 0 amide bonds. The number of carbonyl (C=O) groups excluding carboxylic acids is 1. The number of carbonyl (C=O) groups is 1. The van der Waals surface area contributed by atoms with Crippen molar-refractivity contribution in [3.63, 3.8) is 0 Å². The van der Waals surface area contributed by atoms with Crippen LogP contribution in [-0.4, -0.2) is 12.6 Å². The van der Waals surface area contributed by atoms with E-state index in [0.29, 0.717) is 6.61 Å². The number of esters is 1. The molecule has 0 N–H and O–H groups in total. The second kappa shape index (κ2) is 10.4. The third kappa shape index (κ3) is 8.54. The zero-order valence-corrected chi connectivity index (χ0v) is 12.1. The fourth-order valence-electron chi connectivity index (χ4n) is 2.20. The summed E-state index contributed by atoms with van der Waals surface area (Å²) in [4.78, 5) is 11.2. The van der Waals surface area contributed by atoms with Crippen LogP contribution in [0.15, 0.2) is 0 Å². The van der Waals surface area contributed by atoms with Gasteiger partial charge in [-0.15, -0.1) is 0 Å². The molecule has 0 spiro atoms. The summed E-state index contributed by atoms with van der Waals surface area (Å²) in [5.41, 5.74) is 0. The molecule has 0 aromatic rings. The summed E-state index contributed by atoms with van der Waals surface area (Å²) in [5, 5.41) is 0. The maximum Gasteiger partial charge on any atom is 0.308 e. The Morgan fingerprint density at radius 2 is 1.39 bits per heavy atom. The van der Waals surface area contributed by atoms with Crippen LogP contribution >= 0.6 is 0 Å². The third-order valence-electron chi connectivity index (χ3n) is 3.65. The minimum Gasteiger partial charge on any atom is -0.465 e. The van der Waals surface area contributed by atoms with Crippen LogP contribution in [0.25, 0.3) is 0 Å². The highest BCUT2D eigenvalue weighted by Crippen LogP contribution is 2.30. The lowest BCUT2D eigenvalue weighted by Crippen LogP contribution is -2.07. The van der Waals surface area contributed by atoms with Crippen LogP contribution in [0.4, 0.5) is 0 Å². The third-order valence-corrected chi connectivity index (χ3v) is 3.65. The largest absolute Gasteiger partial charge is 0.465 e. The molecule has 2 nitrogen and oxygen atoms in total. The van der Waals surface area contributed by atoms with E-state index < -0.39 is 0 Å². The van der Waals surface area contributed by atoms with Gasteiger partial charge in [0.2, 0.25) is 0 Å². The molecule has 1 rings (SSSR count). The quantitative estimate of drug-likeness (QED) is 0.367. The molecule has 0 heterocycles. The zero-order valence-electron chi connectivity index (χ0n) is 12.1. The Bertz CT molecular complexity index is 209. The summed E-state index contributed by atoms with van der Waals surface area (Å²) in [7, 11) is 0. The highest BCUT2D eigenvalue weighted by molar-refractivity contribution is 5.74. The van der Waals surface area contributed by atoms with Gasteiger partial charge in [-0.3, -0.25) is 4.79 Å². The van der Waals surface area contributed by atoms with E-state index in [-0.39, 0.29) is 11.9 Å². The van der Waals surface area contributed by atoms with Crippen molar-refractivity contribution < 1.29 is 9.53 Å². The minimum atomic E-state index is 0.0472. The van der Waals surface area contributed by atoms with Crippen LogP contribution < -0.4 is 0 Å². The highest BCUT2D eigenvalue weighted by atomic mass is 16.5. The molecule has 1 aliphatic carbocycles. The van der Waals surface area contributed by atoms with Crippen molar-refractivity contribution in [1.29, 1.82) is 0 Å². The van der Waals surface area contributed by atoms with E-state index in [2.05, 4.69) is 6.92 Å². The van der Waals surface area contributed by atoms with Crippen molar-refractivity contribution in [3.8, 4) is 0 Å². The normalized spacial score (nSPS) is 14.7. The van der Waals surface area contributed by atoms with Crippen molar-refractivity contribution in [3.05, 3.63) is 0 Å². The average Bonchev–Trinajstić information content (AvgIpc) is 3.20. The minimum absolute atomic E-state index is 0.0472. The molecule has 0 aromatic carbocycles. The van der Waals surface area contributed by atoms with Gasteiger partial charge >= 0.3 is 5.97 Å². The van der Waals surface area contributed by atoms with E-state index in [1.54, 1.807) is 0 Å². The van der Waals surface area contributed by atoms with E-state index in [0.717, 1.165) is 19.3 Å². The Balaban J connectivity index is 1.69. The van der Waals surface area contributed by atoms with E-state index in [1.807, 2.05) is 0 Å². The first kappa shape index (κ1) is 15.5. The molecule has 18 heavy (non-hydrogen) atoms. The molecular weight excluding hydrogens is 224 g/mol. The van der Waals surface area contributed by atoms with Crippen LogP contribution in [0.5, 0.6) is 0 Å². The molecule has 0 unspecified atom stereocenters. The Hall–Kier alpha value is -0.530. The Morgan fingerprint density at radius 1 is 0.889 bits per heavy atom. The van der Waals surface area contributed by atoms with Crippen molar-refractivity contribution in [2.24, 2.45) is 5.92 Å². The summed E-state index contributed by atoms with van der Waals surface area (Å²) < 4.78 is 5.20. The number of hydrogen-bond acceptors (Lipinski definition) is 2. The molecule has 0 aromatic heterocycles. The smallest absolute Gasteiger partial charge is 0.308 e. The van der Waals surface area contributed by atoms with Crippen molar-refractivity contribution >= 4 is 5.97 Å². The Kier molecular flexibility index (Phi) is 8.97. The van der Waals surface area contributed by atoms with Crippen LogP contribution in [0, 0.1) is 5.92 Å². The first-order chi connectivity index (χ1) is 8.84. The van der Waals surface area contributed by atoms with E-state index in [1.165, 1.54) is 57.8 Å². The van der Waals surface area contributed by atoms with Crippen molar-refractivity contribution in [2.75, 3.05) is 6.61 Å². The summed E-state index contributed by atoms with van der Waals surface area (Å²) in [6.45, 7) is 2.90. The standard InChI is InChI=1S/C16H30O2/c1-2-3-4-5-6-7-8-9-10-11-14-18-16(17)15-12-13-15/h15H,2-14H2,1H3. The maximum atomic E-state index is 11.2. The van der Waals surface area contributed by atoms with Gasteiger partial charge in [0.25, 0.3) is 0 Å². The Morgan fingerprint density at radius 3 is 1.89 bits per heavy atom. The van der Waals surface area contributed by atoms with Crippen LogP contribution in [0.3, 0.4) is 0 Å². The van der Waals surface area contributed by atoms with Crippen LogP contribution in [0.2, 0.25) is 0 Å². The number of hydrogen-bond donors (Lipinski definition) is 0. The molecule has 0 bridgehead atoms.